The Morgan fingerprint density at radius 1 is 1.50 bits per heavy atom. The van der Waals surface area contributed by atoms with E-state index in [0.717, 1.165) is 0 Å². The third-order valence-corrected chi connectivity index (χ3v) is 1.70. The van der Waals surface area contributed by atoms with Crippen molar-refractivity contribution in [2.75, 3.05) is 18.2 Å². The fourth-order valence-corrected chi connectivity index (χ4v) is 1.25. The Hall–Kier alpha value is 0.829. The van der Waals surface area contributed by atoms with Gasteiger partial charge in [-0.2, -0.15) is 0 Å². The number of thioether (sulfide) groups is 1. The van der Waals surface area contributed by atoms with Gasteiger partial charge >= 0.3 is 17.1 Å². The second kappa shape index (κ2) is 4.00. The number of quaternary nitrogens is 1. The van der Waals surface area contributed by atoms with Crippen LogP contribution in [0.2, 0.25) is 0 Å². The van der Waals surface area contributed by atoms with Crippen molar-refractivity contribution in [2.45, 2.75) is 0 Å². The van der Waals surface area contributed by atoms with Crippen LogP contribution in [0.3, 0.4) is 0 Å². The van der Waals surface area contributed by atoms with Crippen LogP contribution < -0.4 is 5.32 Å². The molecule has 3 heteroatoms. The van der Waals surface area contributed by atoms with Crippen molar-refractivity contribution >= 4 is 11.8 Å². The largest absolute Gasteiger partial charge is 2.00 e. The Morgan fingerprint density at radius 2 is 2.33 bits per heavy atom. The standard InChI is InChI=1S/C3H7NS.Cu/c1-2-5-3-4-1;/h4H,1-3H2;/q;+2/p+1. The molecule has 39 valence electrons. The maximum Gasteiger partial charge on any atom is 2.00 e. The minimum Gasteiger partial charge on any atom is -0.337 e. The van der Waals surface area contributed by atoms with E-state index in [4.69, 9.17) is 0 Å². The molecule has 0 unspecified atom stereocenters. The van der Waals surface area contributed by atoms with Gasteiger partial charge in [-0.1, -0.05) is 11.8 Å². The van der Waals surface area contributed by atoms with E-state index >= 15 is 0 Å². The van der Waals surface area contributed by atoms with Crippen LogP contribution in [-0.4, -0.2) is 18.2 Å². The van der Waals surface area contributed by atoms with Crippen molar-refractivity contribution in [3.05, 3.63) is 0 Å². The average molecular weight is 154 g/mol. The molecule has 0 atom stereocenters. The zero-order valence-electron chi connectivity index (χ0n) is 3.41. The number of rotatable bonds is 0. The Kier molecular flexibility index (Phi) is 4.55. The van der Waals surface area contributed by atoms with Gasteiger partial charge in [0.15, 0.2) is 0 Å². The molecule has 0 aromatic carbocycles. The number of hydrogen-bond donors (Lipinski definition) is 1. The van der Waals surface area contributed by atoms with Gasteiger partial charge in [0, 0.05) is 5.75 Å². The first-order valence-corrected chi connectivity index (χ1v) is 3.05. The molecule has 1 aliphatic rings. The van der Waals surface area contributed by atoms with Crippen LogP contribution in [0.4, 0.5) is 0 Å². The van der Waals surface area contributed by atoms with Crippen LogP contribution in [0.5, 0.6) is 0 Å². The van der Waals surface area contributed by atoms with E-state index in [9.17, 15) is 0 Å². The molecule has 0 aliphatic carbocycles. The maximum atomic E-state index is 2.32. The topological polar surface area (TPSA) is 16.6 Å². The summed E-state index contributed by atoms with van der Waals surface area (Å²) in [6, 6.07) is 0. The SMILES string of the molecule is C1CSC[NH2+]1.[Cu+2]. The smallest absolute Gasteiger partial charge is 0.337 e. The first-order valence-electron chi connectivity index (χ1n) is 1.89. The summed E-state index contributed by atoms with van der Waals surface area (Å²) >= 11 is 2.02. The van der Waals surface area contributed by atoms with Gasteiger partial charge in [-0.3, -0.25) is 0 Å². The second-order valence-corrected chi connectivity index (χ2v) is 2.30. The summed E-state index contributed by atoms with van der Waals surface area (Å²) in [5.41, 5.74) is 0. The van der Waals surface area contributed by atoms with Gasteiger partial charge in [0.05, 0.1) is 6.54 Å². The van der Waals surface area contributed by atoms with Gasteiger partial charge in [-0.25, -0.2) is 0 Å². The molecule has 0 amide bonds. The van der Waals surface area contributed by atoms with Crippen LogP contribution in [0.1, 0.15) is 0 Å². The molecular weight excluding hydrogens is 146 g/mol. The van der Waals surface area contributed by atoms with E-state index in [1.54, 1.807) is 0 Å². The fraction of sp³-hybridized carbons (Fsp3) is 1.00. The molecule has 1 heterocycles. The summed E-state index contributed by atoms with van der Waals surface area (Å²) in [5.74, 6) is 2.65. The van der Waals surface area contributed by atoms with E-state index < -0.39 is 0 Å². The van der Waals surface area contributed by atoms with E-state index in [2.05, 4.69) is 5.32 Å². The van der Waals surface area contributed by atoms with E-state index in [0.29, 0.717) is 0 Å². The summed E-state index contributed by atoms with van der Waals surface area (Å²) in [6.07, 6.45) is 0. The van der Waals surface area contributed by atoms with Crippen LogP contribution in [0.25, 0.3) is 0 Å². The molecule has 1 aliphatic heterocycles. The van der Waals surface area contributed by atoms with Crippen LogP contribution in [-0.2, 0) is 17.1 Å². The molecule has 0 spiro atoms. The summed E-state index contributed by atoms with van der Waals surface area (Å²) < 4.78 is 0. The van der Waals surface area contributed by atoms with Crippen molar-refractivity contribution < 1.29 is 22.4 Å². The Bertz CT molecular complexity index is 22.4. The van der Waals surface area contributed by atoms with Crippen molar-refractivity contribution in [3.8, 4) is 0 Å². The summed E-state index contributed by atoms with van der Waals surface area (Å²) in [5, 5.41) is 2.32. The molecule has 0 bridgehead atoms. The molecule has 1 nitrogen and oxygen atoms in total. The zero-order chi connectivity index (χ0) is 3.54. The molecule has 0 aromatic heterocycles. The summed E-state index contributed by atoms with van der Waals surface area (Å²) in [4.78, 5) is 0. The van der Waals surface area contributed by atoms with Crippen molar-refractivity contribution in [1.82, 2.24) is 0 Å². The number of hydrogen-bond acceptors (Lipinski definition) is 1. The molecule has 1 saturated heterocycles. The van der Waals surface area contributed by atoms with E-state index in [1.165, 1.54) is 18.2 Å². The molecule has 1 rings (SSSR count). The first kappa shape index (κ1) is 6.83. The molecular formula is C3H8CuNS+3. The minimum absolute atomic E-state index is 0. The predicted molar refractivity (Wildman–Crippen MR) is 24.1 cm³/mol. The average Bonchev–Trinajstić information content (AvgIpc) is 1.76. The maximum absolute atomic E-state index is 2.32. The monoisotopic (exact) mass is 153 g/mol. The van der Waals surface area contributed by atoms with Gasteiger partial charge in [0.25, 0.3) is 0 Å². The van der Waals surface area contributed by atoms with Crippen LogP contribution in [0, 0.1) is 0 Å². The zero-order valence-corrected chi connectivity index (χ0v) is 5.17. The van der Waals surface area contributed by atoms with Crippen molar-refractivity contribution in [2.24, 2.45) is 0 Å². The van der Waals surface area contributed by atoms with E-state index in [-0.39, 0.29) is 17.1 Å². The molecule has 1 radical (unpaired) electrons. The van der Waals surface area contributed by atoms with Crippen molar-refractivity contribution in [1.29, 1.82) is 0 Å². The van der Waals surface area contributed by atoms with Gasteiger partial charge in [0.2, 0.25) is 0 Å². The third kappa shape index (κ3) is 2.08. The molecule has 0 saturated carbocycles. The summed E-state index contributed by atoms with van der Waals surface area (Å²) in [7, 11) is 0. The predicted octanol–water partition coefficient (Wildman–Crippen LogP) is -0.748. The number of nitrogens with two attached hydrogens (primary N) is 1. The van der Waals surface area contributed by atoms with Crippen LogP contribution >= 0.6 is 11.8 Å². The second-order valence-electron chi connectivity index (χ2n) is 1.15. The van der Waals surface area contributed by atoms with Gasteiger partial charge < -0.3 is 5.32 Å². The normalized spacial score (nSPS) is 20.0. The molecule has 6 heavy (non-hydrogen) atoms. The summed E-state index contributed by atoms with van der Waals surface area (Å²) in [6.45, 7) is 1.34. The molecule has 1 fully saturated rings. The Balaban J connectivity index is 0.000000250. The van der Waals surface area contributed by atoms with Gasteiger partial charge in [0.1, 0.15) is 5.88 Å². The van der Waals surface area contributed by atoms with E-state index in [1.807, 2.05) is 11.8 Å². The first-order chi connectivity index (χ1) is 2.50. The van der Waals surface area contributed by atoms with Crippen LogP contribution in [0.15, 0.2) is 0 Å². The fourth-order valence-electron chi connectivity index (χ4n) is 0.417. The molecule has 0 aromatic rings. The van der Waals surface area contributed by atoms with Gasteiger partial charge in [-0.15, -0.1) is 0 Å². The van der Waals surface area contributed by atoms with Gasteiger partial charge in [-0.05, 0) is 0 Å². The molecule has 2 N–H and O–H groups in total. The van der Waals surface area contributed by atoms with Crippen molar-refractivity contribution in [3.63, 3.8) is 0 Å². The Labute approximate surface area is 52.7 Å². The third-order valence-electron chi connectivity index (χ3n) is 0.702. The quantitative estimate of drug-likeness (QED) is 0.454. The Morgan fingerprint density at radius 3 is 2.50 bits per heavy atom. The minimum atomic E-state index is 0.